The minimum atomic E-state index is 0.165. The quantitative estimate of drug-likeness (QED) is 0.0307. The number of hydrogen-bond acceptors (Lipinski definition) is 15. The molecule has 92 heavy (non-hydrogen) atoms. The normalized spacial score (nSPS) is 20.6. The van der Waals surface area contributed by atoms with Crippen LogP contribution < -0.4 is 37.2 Å². The maximum Gasteiger partial charge on any atom is 0.135 e. The molecule has 8 atom stereocenters. The summed E-state index contributed by atoms with van der Waals surface area (Å²) >= 11 is 0. The van der Waals surface area contributed by atoms with Gasteiger partial charge >= 0.3 is 0 Å². The smallest absolute Gasteiger partial charge is 0.135 e. The number of Topliss-reactive ketones (excluding diaryl/α,β-unsaturated/α-hetero) is 5. The predicted octanol–water partition coefficient (Wildman–Crippen LogP) is 13.8. The van der Waals surface area contributed by atoms with Crippen LogP contribution in [0, 0.1) is 23.7 Å². The van der Waals surface area contributed by atoms with E-state index in [0.717, 1.165) is 96.9 Å². The Balaban J connectivity index is 0. The fourth-order valence-electron chi connectivity index (χ4n) is 12.9. The van der Waals surface area contributed by atoms with Gasteiger partial charge in [-0.15, -0.1) is 0 Å². The van der Waals surface area contributed by atoms with E-state index in [0.29, 0.717) is 157 Å². The number of nitrogens with zero attached hydrogens (tertiary/aromatic N) is 3. The Bertz CT molecular complexity index is 1800. The molecule has 0 aromatic carbocycles. The lowest BCUT2D eigenvalue weighted by Crippen LogP contribution is -2.39. The Kier molecular flexibility index (Phi) is 51.2. The van der Waals surface area contributed by atoms with Crippen molar-refractivity contribution in [3.8, 4) is 0 Å². The predicted molar refractivity (Wildman–Crippen MR) is 397 cm³/mol. The summed E-state index contributed by atoms with van der Waals surface area (Å²) in [5.41, 5.74) is 0. The van der Waals surface area contributed by atoms with Crippen molar-refractivity contribution < 1.29 is 24.0 Å². The van der Waals surface area contributed by atoms with Gasteiger partial charge in [0.05, 0.1) is 0 Å². The van der Waals surface area contributed by atoms with E-state index in [9.17, 15) is 24.0 Å². The highest BCUT2D eigenvalue weighted by molar-refractivity contribution is 5.81. The van der Waals surface area contributed by atoms with Crippen LogP contribution in [0.3, 0.4) is 0 Å². The number of hydrogen-bond donors (Lipinski definition) is 7. The van der Waals surface area contributed by atoms with E-state index in [-0.39, 0.29) is 23.7 Å². The van der Waals surface area contributed by atoms with E-state index in [4.69, 9.17) is 0 Å². The lowest BCUT2D eigenvalue weighted by molar-refractivity contribution is -0.123. The lowest BCUT2D eigenvalue weighted by Gasteiger charge is -2.28. The first-order valence-corrected chi connectivity index (χ1v) is 37.9. The SMILES string of the molecule is CC(C)NCC[C@@H](CCC(=O)C(C)C)NC(C)C.CC(C)NCC[C@H](CCC(=O)C(C)C)NC(C)C.CC(C)N[C@H]1C[C@@H](CCC(=O)C(C)C)N(C(C)C)C1.CC(C)N[C@H]1C[C@H](CCC(=O)C(C)C)N(C(C)C)C1.CCC(=O)CC[C@H]1C[C@@H](NC(C)C)CN1C(C)C. The fraction of sp³-hybridized carbons (Fsp3) is 0.935. The van der Waals surface area contributed by atoms with E-state index in [1.807, 2.05) is 62.3 Å². The Morgan fingerprint density at radius 1 is 0.337 bits per heavy atom. The fourth-order valence-corrected chi connectivity index (χ4v) is 12.9. The van der Waals surface area contributed by atoms with Gasteiger partial charge in [-0.1, -0.05) is 159 Å². The van der Waals surface area contributed by atoms with Gasteiger partial charge < -0.3 is 37.2 Å². The highest BCUT2D eigenvalue weighted by Crippen LogP contribution is 2.28. The Hall–Kier alpha value is -2.05. The zero-order valence-electron chi connectivity index (χ0n) is 65.9. The van der Waals surface area contributed by atoms with Gasteiger partial charge in [-0.2, -0.15) is 0 Å². The molecular weight excluding hydrogens is 1140 g/mol. The molecule has 0 spiro atoms. The molecule has 0 amide bonds. The second-order valence-corrected chi connectivity index (χ2v) is 32.0. The van der Waals surface area contributed by atoms with E-state index in [1.54, 1.807) is 0 Å². The summed E-state index contributed by atoms with van der Waals surface area (Å²) in [5.74, 6) is 2.66. The monoisotopic (exact) mass is 1300 g/mol. The molecule has 7 N–H and O–H groups in total. The maximum atomic E-state index is 11.8. The molecule has 15 nitrogen and oxygen atoms in total. The summed E-state index contributed by atoms with van der Waals surface area (Å²) in [6, 6.07) is 9.70. The third kappa shape index (κ3) is 45.5. The van der Waals surface area contributed by atoms with Gasteiger partial charge in [-0.25, -0.2) is 0 Å². The highest BCUT2D eigenvalue weighted by atomic mass is 16.1. The third-order valence-electron chi connectivity index (χ3n) is 17.9. The molecule has 0 bridgehead atoms. The average Bonchev–Trinajstić information content (AvgIpc) is 1.78. The zero-order valence-corrected chi connectivity index (χ0v) is 65.9. The van der Waals surface area contributed by atoms with E-state index < -0.39 is 0 Å². The summed E-state index contributed by atoms with van der Waals surface area (Å²) < 4.78 is 0. The average molecular weight is 1300 g/mol. The van der Waals surface area contributed by atoms with Gasteiger partial charge in [-0.05, 0) is 119 Å². The van der Waals surface area contributed by atoms with E-state index in [2.05, 4.69) is 190 Å². The number of carbonyl (C=O) groups excluding carboxylic acids is 5. The first-order chi connectivity index (χ1) is 42.7. The second kappa shape index (κ2) is 51.2. The van der Waals surface area contributed by atoms with Crippen molar-refractivity contribution in [3.63, 3.8) is 0 Å². The first kappa shape index (κ1) is 92.0. The van der Waals surface area contributed by atoms with Crippen LogP contribution in [0.1, 0.15) is 304 Å². The molecule has 3 aliphatic heterocycles. The van der Waals surface area contributed by atoms with Crippen LogP contribution in [0.2, 0.25) is 0 Å². The van der Waals surface area contributed by atoms with Crippen molar-refractivity contribution in [1.29, 1.82) is 0 Å². The summed E-state index contributed by atoms with van der Waals surface area (Å²) in [5, 5.41) is 24.9. The lowest BCUT2D eigenvalue weighted by atomic mass is 9.99. The van der Waals surface area contributed by atoms with Crippen molar-refractivity contribution in [1.82, 2.24) is 51.9 Å². The standard InChI is InChI=1S/2C16H32N2O.C15H30N2O.2C15H32N2O/c2*1-11(2)16(19)8-7-15-9-14(17-12(3)4)10-18(15)13(5)6;1-6-15(18)8-7-14-9-13(16-11(2)3)10-17(14)12(4)5;2*1-11(2)15(18)8-7-14(17-13(5)6)9-10-16-12(3)4/h2*11-15,17H,7-10H2,1-6H3;11-14,16H,6-10H2,1-5H3;2*11-14,16-17H,7-10H2,1-6H3/t14-,15+;14-,15-;13-,14+;2*14-/m00110/s1. The van der Waals surface area contributed by atoms with Crippen molar-refractivity contribution in [2.45, 2.75) is 412 Å². The second-order valence-electron chi connectivity index (χ2n) is 32.0. The van der Waals surface area contributed by atoms with Crippen LogP contribution >= 0.6 is 0 Å². The molecule has 546 valence electrons. The van der Waals surface area contributed by atoms with Gasteiger partial charge in [0.25, 0.3) is 0 Å². The largest absolute Gasteiger partial charge is 0.314 e. The number of ketones is 5. The summed E-state index contributed by atoms with van der Waals surface area (Å²) in [6.07, 6.45) is 15.0. The van der Waals surface area contributed by atoms with Crippen molar-refractivity contribution in [2.75, 3.05) is 32.7 Å². The van der Waals surface area contributed by atoms with Gasteiger partial charge in [0.2, 0.25) is 0 Å². The highest BCUT2D eigenvalue weighted by Gasteiger charge is 2.36. The topological polar surface area (TPSA) is 179 Å². The Morgan fingerprint density at radius 3 is 0.815 bits per heavy atom. The molecule has 15 heteroatoms. The minimum absolute atomic E-state index is 0.165. The first-order valence-electron chi connectivity index (χ1n) is 37.9. The van der Waals surface area contributed by atoms with Gasteiger partial charge in [0.15, 0.2) is 0 Å². The van der Waals surface area contributed by atoms with Crippen LogP contribution in [0.25, 0.3) is 0 Å². The number of carbonyl (C=O) groups is 5. The molecule has 3 saturated heterocycles. The maximum absolute atomic E-state index is 11.8. The zero-order chi connectivity index (χ0) is 71.1. The summed E-state index contributed by atoms with van der Waals surface area (Å²) in [6.45, 7) is 67.3. The van der Waals surface area contributed by atoms with Gasteiger partial charge in [0, 0.05) is 191 Å². The number of likely N-dealkylation sites (tertiary alicyclic amines) is 3. The number of rotatable bonds is 41. The van der Waals surface area contributed by atoms with Gasteiger partial charge in [0.1, 0.15) is 28.9 Å². The number of nitrogens with one attached hydrogen (secondary N) is 7. The van der Waals surface area contributed by atoms with Crippen LogP contribution in [-0.2, 0) is 24.0 Å². The molecule has 3 aliphatic rings. The van der Waals surface area contributed by atoms with Crippen LogP contribution in [0.4, 0.5) is 0 Å². The van der Waals surface area contributed by atoms with Crippen molar-refractivity contribution >= 4 is 28.9 Å². The van der Waals surface area contributed by atoms with Crippen molar-refractivity contribution in [3.05, 3.63) is 0 Å². The molecular formula is C77H158N10O5. The van der Waals surface area contributed by atoms with E-state index in [1.165, 1.54) is 19.3 Å². The molecule has 0 unspecified atom stereocenters. The van der Waals surface area contributed by atoms with Gasteiger partial charge in [-0.3, -0.25) is 38.7 Å². The molecule has 0 radical (unpaired) electrons. The molecule has 0 aromatic heterocycles. The summed E-state index contributed by atoms with van der Waals surface area (Å²) in [4.78, 5) is 66.1. The molecule has 0 saturated carbocycles. The van der Waals surface area contributed by atoms with Crippen LogP contribution in [0.15, 0.2) is 0 Å². The van der Waals surface area contributed by atoms with Crippen LogP contribution in [0.5, 0.6) is 0 Å². The third-order valence-corrected chi connectivity index (χ3v) is 17.9. The minimum Gasteiger partial charge on any atom is -0.314 e. The summed E-state index contributed by atoms with van der Waals surface area (Å²) in [7, 11) is 0. The Morgan fingerprint density at radius 2 is 0.598 bits per heavy atom. The van der Waals surface area contributed by atoms with E-state index >= 15 is 0 Å². The van der Waals surface area contributed by atoms with Crippen molar-refractivity contribution in [2.24, 2.45) is 23.7 Å². The Labute approximate surface area is 570 Å². The molecule has 0 aliphatic carbocycles. The molecule has 3 fully saturated rings. The molecule has 3 heterocycles. The molecule has 3 rings (SSSR count). The molecule has 0 aromatic rings. The van der Waals surface area contributed by atoms with Crippen LogP contribution in [-0.4, -0.2) is 185 Å².